The van der Waals surface area contributed by atoms with Crippen LogP contribution in [0, 0.1) is 5.92 Å². The molecule has 1 aliphatic heterocycles. The molecule has 0 unspecified atom stereocenters. The van der Waals surface area contributed by atoms with Crippen molar-refractivity contribution in [2.24, 2.45) is 10.9 Å². The minimum absolute atomic E-state index is 0.107. The van der Waals surface area contributed by atoms with Gasteiger partial charge in [0, 0.05) is 37.6 Å². The molecule has 2 atom stereocenters. The van der Waals surface area contributed by atoms with Crippen molar-refractivity contribution < 1.29 is 31.8 Å². The second-order valence-electron chi connectivity index (χ2n) is 9.98. The highest BCUT2D eigenvalue weighted by Gasteiger charge is 2.43. The molecule has 1 aromatic heterocycles. The maximum atomic E-state index is 13.1. The zero-order valence-electron chi connectivity index (χ0n) is 20.7. The Labute approximate surface area is 215 Å². The van der Waals surface area contributed by atoms with Gasteiger partial charge in [0.1, 0.15) is 5.56 Å². The van der Waals surface area contributed by atoms with Gasteiger partial charge in [-0.05, 0) is 57.8 Å². The fourth-order valence-electron chi connectivity index (χ4n) is 4.52. The molecule has 11 nitrogen and oxygen atoms in total. The van der Waals surface area contributed by atoms with Crippen molar-refractivity contribution in [3.05, 3.63) is 11.8 Å². The van der Waals surface area contributed by atoms with E-state index in [1.807, 2.05) is 0 Å². The van der Waals surface area contributed by atoms with E-state index in [0.29, 0.717) is 38.6 Å². The lowest BCUT2D eigenvalue weighted by atomic mass is 9.88. The van der Waals surface area contributed by atoms with Gasteiger partial charge in [0.2, 0.25) is 16.0 Å². The van der Waals surface area contributed by atoms with Crippen molar-refractivity contribution in [1.82, 2.24) is 19.6 Å². The standard InChI is InChI=1S/C23H34F2N6O5S/c1-14(13-36-22(24)25)28-23-27-11-19(20(30-23)26-10-15-2-4-17(32)5-3-15)21(33)29-16-8-9-31(12-16)37(34,35)18-6-7-18/h10-11,14-18,22,32H,2-9,12-13H2,1H3,(H,29,33)(H,27,28,30)/b26-10-/t14-,15?,16-,17?/m0/s1. The van der Waals surface area contributed by atoms with Gasteiger partial charge >= 0.3 is 6.61 Å². The summed E-state index contributed by atoms with van der Waals surface area (Å²) in [6.07, 6.45) is 7.46. The second-order valence-corrected chi connectivity index (χ2v) is 12.2. The Bertz CT molecular complexity index is 1080. The summed E-state index contributed by atoms with van der Waals surface area (Å²) in [6, 6.07) is -0.870. The molecular formula is C23H34F2N6O5S. The number of aliphatic hydroxyl groups excluding tert-OH is 1. The summed E-state index contributed by atoms with van der Waals surface area (Å²) in [5.74, 6) is -0.123. The number of nitrogens with one attached hydrogen (secondary N) is 2. The monoisotopic (exact) mass is 544 g/mol. The molecule has 2 heterocycles. The molecule has 3 fully saturated rings. The number of hydrogen-bond donors (Lipinski definition) is 3. The normalized spacial score (nSPS) is 26.0. The van der Waals surface area contributed by atoms with Crippen LogP contribution in [0.1, 0.15) is 62.2 Å². The van der Waals surface area contributed by atoms with Gasteiger partial charge in [0.25, 0.3) is 5.91 Å². The number of alkyl halides is 2. The molecule has 2 saturated carbocycles. The average molecular weight is 545 g/mol. The van der Waals surface area contributed by atoms with Gasteiger partial charge in [-0.2, -0.15) is 18.1 Å². The van der Waals surface area contributed by atoms with Gasteiger partial charge in [-0.25, -0.2) is 18.4 Å². The first kappa shape index (κ1) is 27.7. The summed E-state index contributed by atoms with van der Waals surface area (Å²) in [4.78, 5) is 26.1. The van der Waals surface area contributed by atoms with Crippen molar-refractivity contribution >= 4 is 33.9 Å². The third kappa shape index (κ3) is 7.62. The molecule has 0 spiro atoms. The van der Waals surface area contributed by atoms with Crippen LogP contribution in [0.15, 0.2) is 11.2 Å². The molecule has 1 aromatic rings. The number of halogens is 2. The number of amides is 1. The van der Waals surface area contributed by atoms with E-state index < -0.39 is 28.6 Å². The Morgan fingerprint density at radius 1 is 1.27 bits per heavy atom. The van der Waals surface area contributed by atoms with Crippen LogP contribution in [-0.4, -0.2) is 89.7 Å². The summed E-state index contributed by atoms with van der Waals surface area (Å²) >= 11 is 0. The molecule has 14 heteroatoms. The van der Waals surface area contributed by atoms with Crippen LogP contribution in [0.5, 0.6) is 0 Å². The molecule has 3 N–H and O–H groups in total. The molecule has 0 aromatic carbocycles. The number of ether oxygens (including phenoxy) is 1. The Hall–Kier alpha value is -2.29. The Morgan fingerprint density at radius 2 is 2.00 bits per heavy atom. The lowest BCUT2D eigenvalue weighted by Gasteiger charge is -2.22. The maximum Gasteiger partial charge on any atom is 0.345 e. The van der Waals surface area contributed by atoms with Gasteiger partial charge < -0.3 is 20.5 Å². The summed E-state index contributed by atoms with van der Waals surface area (Å²) < 4.78 is 55.5. The first-order chi connectivity index (χ1) is 17.6. The molecule has 0 radical (unpaired) electrons. The van der Waals surface area contributed by atoms with Crippen molar-refractivity contribution in [3.63, 3.8) is 0 Å². The quantitative estimate of drug-likeness (QED) is 0.359. The molecule has 0 bridgehead atoms. The van der Waals surface area contributed by atoms with E-state index in [1.54, 1.807) is 13.1 Å². The third-order valence-electron chi connectivity index (χ3n) is 6.80. The van der Waals surface area contributed by atoms with E-state index in [2.05, 4.69) is 30.3 Å². The highest BCUT2D eigenvalue weighted by Crippen LogP contribution is 2.33. The smallest absolute Gasteiger partial charge is 0.345 e. The molecule has 206 valence electrons. The van der Waals surface area contributed by atoms with Crippen LogP contribution >= 0.6 is 0 Å². The zero-order valence-corrected chi connectivity index (χ0v) is 21.5. The van der Waals surface area contributed by atoms with E-state index in [0.717, 1.165) is 12.8 Å². The van der Waals surface area contributed by atoms with Crippen molar-refractivity contribution in [3.8, 4) is 0 Å². The fourth-order valence-corrected chi connectivity index (χ4v) is 6.42. The second kappa shape index (κ2) is 12.0. The molecule has 1 saturated heterocycles. The van der Waals surface area contributed by atoms with E-state index in [9.17, 15) is 27.1 Å². The Morgan fingerprint density at radius 3 is 2.68 bits per heavy atom. The number of sulfonamides is 1. The molecule has 1 amide bonds. The topological polar surface area (TPSA) is 146 Å². The first-order valence-electron chi connectivity index (χ1n) is 12.7. The fraction of sp³-hybridized carbons (Fsp3) is 0.739. The molecule has 2 aliphatic carbocycles. The summed E-state index contributed by atoms with van der Waals surface area (Å²) in [6.45, 7) is -0.954. The number of aromatic nitrogens is 2. The van der Waals surface area contributed by atoms with Crippen LogP contribution in [0.3, 0.4) is 0 Å². The molecule has 3 aliphatic rings. The predicted octanol–water partition coefficient (Wildman–Crippen LogP) is 2.07. The molecule has 37 heavy (non-hydrogen) atoms. The molecule has 4 rings (SSSR count). The lowest BCUT2D eigenvalue weighted by molar-refractivity contribution is -0.130. The maximum absolute atomic E-state index is 13.1. The van der Waals surface area contributed by atoms with Crippen LogP contribution in [0.4, 0.5) is 20.5 Å². The van der Waals surface area contributed by atoms with Crippen LogP contribution in [-0.2, 0) is 14.8 Å². The van der Waals surface area contributed by atoms with Gasteiger partial charge in [-0.15, -0.1) is 0 Å². The highest BCUT2D eigenvalue weighted by atomic mass is 32.2. The number of anilines is 1. The Kier molecular flexibility index (Phi) is 9.03. The Balaban J connectivity index is 1.46. The van der Waals surface area contributed by atoms with Gasteiger partial charge in [-0.1, -0.05) is 0 Å². The van der Waals surface area contributed by atoms with Crippen molar-refractivity contribution in [2.45, 2.75) is 81.9 Å². The number of nitrogens with zero attached hydrogens (tertiary/aromatic N) is 4. The SMILES string of the molecule is C[C@@H](COC(F)F)Nc1ncc(C(=O)N[C@H]2CCN(S(=O)(=O)C3CC3)C2)c(/N=C\C2CCC(O)CC2)n1. The van der Waals surface area contributed by atoms with E-state index in [-0.39, 0.29) is 53.8 Å². The average Bonchev–Trinajstić information content (AvgIpc) is 3.62. The highest BCUT2D eigenvalue weighted by molar-refractivity contribution is 7.90. The summed E-state index contributed by atoms with van der Waals surface area (Å²) in [7, 11) is -3.31. The summed E-state index contributed by atoms with van der Waals surface area (Å²) in [5.41, 5.74) is 0.123. The number of carbonyl (C=O) groups is 1. The predicted molar refractivity (Wildman–Crippen MR) is 133 cm³/mol. The number of hydrogen-bond acceptors (Lipinski definition) is 9. The van der Waals surface area contributed by atoms with E-state index >= 15 is 0 Å². The minimum atomic E-state index is -3.31. The van der Waals surface area contributed by atoms with Crippen molar-refractivity contribution in [2.75, 3.05) is 25.0 Å². The van der Waals surface area contributed by atoms with Gasteiger partial charge in [-0.3, -0.25) is 4.79 Å². The van der Waals surface area contributed by atoms with Gasteiger partial charge in [0.05, 0.1) is 18.0 Å². The van der Waals surface area contributed by atoms with Crippen molar-refractivity contribution in [1.29, 1.82) is 0 Å². The zero-order chi connectivity index (χ0) is 26.6. The van der Waals surface area contributed by atoms with Crippen LogP contribution in [0.25, 0.3) is 0 Å². The number of carbonyl (C=O) groups excluding carboxylic acids is 1. The van der Waals surface area contributed by atoms with Crippen LogP contribution < -0.4 is 10.6 Å². The largest absolute Gasteiger partial charge is 0.393 e. The number of aliphatic imine (C=N–C) groups is 1. The lowest BCUT2D eigenvalue weighted by Crippen LogP contribution is -2.39. The van der Waals surface area contributed by atoms with Gasteiger partial charge in [0.15, 0.2) is 5.82 Å². The van der Waals surface area contributed by atoms with Crippen LogP contribution in [0.2, 0.25) is 0 Å². The molecular weight excluding hydrogens is 510 g/mol. The number of rotatable bonds is 11. The summed E-state index contributed by atoms with van der Waals surface area (Å²) in [5, 5.41) is 15.2. The third-order valence-corrected chi connectivity index (χ3v) is 9.17. The minimum Gasteiger partial charge on any atom is -0.393 e. The first-order valence-corrected chi connectivity index (χ1v) is 14.2. The number of aliphatic hydroxyl groups is 1. The van der Waals surface area contributed by atoms with E-state index in [1.165, 1.54) is 10.5 Å². The van der Waals surface area contributed by atoms with E-state index in [4.69, 9.17) is 0 Å².